The van der Waals surface area contributed by atoms with E-state index >= 15 is 0 Å². The first-order valence-electron chi connectivity index (χ1n) is 9.55. The molecule has 0 atom stereocenters. The smallest absolute Gasteiger partial charge is 0.123 e. The second kappa shape index (κ2) is 8.54. The van der Waals surface area contributed by atoms with Crippen LogP contribution in [-0.2, 0) is 13.1 Å². The number of ether oxygens (including phenoxy) is 1. The van der Waals surface area contributed by atoms with Gasteiger partial charge in [-0.1, -0.05) is 12.1 Å². The van der Waals surface area contributed by atoms with E-state index in [1.807, 2.05) is 17.1 Å². The summed E-state index contributed by atoms with van der Waals surface area (Å²) in [6, 6.07) is 13.3. The molecule has 1 aromatic heterocycles. The number of methoxy groups -OCH3 is 1. The summed E-state index contributed by atoms with van der Waals surface area (Å²) >= 11 is 0. The molecule has 0 amide bonds. The van der Waals surface area contributed by atoms with Gasteiger partial charge in [-0.2, -0.15) is 0 Å². The van der Waals surface area contributed by atoms with Crippen LogP contribution in [0.15, 0.2) is 61.2 Å². The Labute approximate surface area is 165 Å². The summed E-state index contributed by atoms with van der Waals surface area (Å²) < 4.78 is 20.9. The van der Waals surface area contributed by atoms with Gasteiger partial charge in [-0.3, -0.25) is 9.80 Å². The van der Waals surface area contributed by atoms with Gasteiger partial charge in [-0.25, -0.2) is 9.37 Å². The van der Waals surface area contributed by atoms with Crippen LogP contribution in [0.2, 0.25) is 0 Å². The van der Waals surface area contributed by atoms with Gasteiger partial charge in [0, 0.05) is 62.9 Å². The molecule has 6 heteroatoms. The molecular weight excluding hydrogens is 355 g/mol. The highest BCUT2D eigenvalue weighted by Crippen LogP contribution is 2.22. The van der Waals surface area contributed by atoms with Crippen LogP contribution in [-0.4, -0.2) is 52.6 Å². The third-order valence-corrected chi connectivity index (χ3v) is 5.25. The molecule has 146 valence electrons. The maximum absolute atomic E-state index is 13.6. The van der Waals surface area contributed by atoms with Crippen molar-refractivity contribution in [2.24, 2.45) is 0 Å². The molecule has 1 aliphatic rings. The van der Waals surface area contributed by atoms with Gasteiger partial charge in [0.1, 0.15) is 11.6 Å². The second-order valence-corrected chi connectivity index (χ2v) is 7.14. The highest BCUT2D eigenvalue weighted by molar-refractivity contribution is 5.35. The average molecular weight is 380 g/mol. The maximum atomic E-state index is 13.6. The SMILES string of the molecule is COc1ccc(F)cc1CN1CCN(Cc2ccc(-n3ccnc3)cc2)CC1. The minimum absolute atomic E-state index is 0.214. The molecule has 0 bridgehead atoms. The molecule has 5 nitrogen and oxygen atoms in total. The molecular formula is C22H25FN4O. The first-order valence-corrected chi connectivity index (χ1v) is 9.55. The molecule has 3 aromatic rings. The van der Waals surface area contributed by atoms with Crippen molar-refractivity contribution >= 4 is 0 Å². The van der Waals surface area contributed by atoms with Gasteiger partial charge in [-0.05, 0) is 35.9 Å². The number of hydrogen-bond acceptors (Lipinski definition) is 4. The molecule has 28 heavy (non-hydrogen) atoms. The molecule has 1 saturated heterocycles. The molecule has 0 saturated carbocycles. The van der Waals surface area contributed by atoms with Crippen molar-refractivity contribution in [2.45, 2.75) is 13.1 Å². The Morgan fingerprint density at radius 1 is 0.964 bits per heavy atom. The highest BCUT2D eigenvalue weighted by Gasteiger charge is 2.18. The number of benzene rings is 2. The number of imidazole rings is 1. The summed E-state index contributed by atoms with van der Waals surface area (Å²) in [4.78, 5) is 8.91. The molecule has 1 aliphatic heterocycles. The average Bonchev–Trinajstić information content (AvgIpc) is 3.25. The summed E-state index contributed by atoms with van der Waals surface area (Å²) in [6.45, 7) is 5.59. The summed E-state index contributed by atoms with van der Waals surface area (Å²) in [7, 11) is 1.63. The summed E-state index contributed by atoms with van der Waals surface area (Å²) in [6.07, 6.45) is 5.54. The molecule has 2 aromatic carbocycles. The molecule has 0 N–H and O–H groups in total. The minimum Gasteiger partial charge on any atom is -0.496 e. The lowest BCUT2D eigenvalue weighted by molar-refractivity contribution is 0.121. The van der Waals surface area contributed by atoms with Crippen LogP contribution in [0.3, 0.4) is 0 Å². The number of rotatable bonds is 6. The first-order chi connectivity index (χ1) is 13.7. The van der Waals surface area contributed by atoms with E-state index in [-0.39, 0.29) is 5.82 Å². The fourth-order valence-electron chi connectivity index (χ4n) is 3.66. The summed E-state index contributed by atoms with van der Waals surface area (Å²) in [5.41, 5.74) is 3.34. The highest BCUT2D eigenvalue weighted by atomic mass is 19.1. The fourth-order valence-corrected chi connectivity index (χ4v) is 3.66. The minimum atomic E-state index is -0.214. The van der Waals surface area contributed by atoms with Crippen molar-refractivity contribution in [1.29, 1.82) is 0 Å². The standard InChI is InChI=1S/C22H25FN4O/c1-28-22-7-4-20(23)14-19(22)16-26-12-10-25(11-13-26)15-18-2-5-21(6-3-18)27-9-8-24-17-27/h2-9,14,17H,10-13,15-16H2,1H3. The van der Waals surface area contributed by atoms with Crippen molar-refractivity contribution in [3.05, 3.63) is 78.1 Å². The second-order valence-electron chi connectivity index (χ2n) is 7.14. The van der Waals surface area contributed by atoms with Crippen LogP contribution < -0.4 is 4.74 Å². The van der Waals surface area contributed by atoms with E-state index < -0.39 is 0 Å². The lowest BCUT2D eigenvalue weighted by Crippen LogP contribution is -2.45. The van der Waals surface area contributed by atoms with Crippen LogP contribution in [0.4, 0.5) is 4.39 Å². The Balaban J connectivity index is 1.30. The Bertz CT molecular complexity index is 887. The van der Waals surface area contributed by atoms with Gasteiger partial charge in [0.2, 0.25) is 0 Å². The third-order valence-electron chi connectivity index (χ3n) is 5.25. The van der Waals surface area contributed by atoms with Crippen LogP contribution in [0, 0.1) is 5.82 Å². The van der Waals surface area contributed by atoms with E-state index in [2.05, 4.69) is 39.0 Å². The van der Waals surface area contributed by atoms with Crippen molar-refractivity contribution in [3.63, 3.8) is 0 Å². The van der Waals surface area contributed by atoms with Gasteiger partial charge < -0.3 is 9.30 Å². The zero-order chi connectivity index (χ0) is 19.3. The Morgan fingerprint density at radius 2 is 1.68 bits per heavy atom. The third kappa shape index (κ3) is 4.40. The first kappa shape index (κ1) is 18.7. The maximum Gasteiger partial charge on any atom is 0.123 e. The van der Waals surface area contributed by atoms with Crippen LogP contribution >= 0.6 is 0 Å². The number of nitrogens with zero attached hydrogens (tertiary/aromatic N) is 4. The predicted octanol–water partition coefficient (Wildman–Crippen LogP) is 3.34. The molecule has 2 heterocycles. The summed E-state index contributed by atoms with van der Waals surface area (Å²) in [5.74, 6) is 0.537. The Kier molecular flexibility index (Phi) is 5.69. The van der Waals surface area contributed by atoms with E-state index in [1.165, 1.54) is 11.6 Å². The molecule has 0 unspecified atom stereocenters. The normalized spacial score (nSPS) is 15.6. The van der Waals surface area contributed by atoms with Crippen LogP contribution in [0.25, 0.3) is 5.69 Å². The number of piperazine rings is 1. The number of hydrogen-bond donors (Lipinski definition) is 0. The molecule has 4 rings (SSSR count). The van der Waals surface area contributed by atoms with Crippen LogP contribution in [0.1, 0.15) is 11.1 Å². The molecule has 0 aliphatic carbocycles. The van der Waals surface area contributed by atoms with E-state index in [9.17, 15) is 4.39 Å². The molecule has 1 fully saturated rings. The Hall–Kier alpha value is -2.70. The van der Waals surface area contributed by atoms with E-state index in [1.54, 1.807) is 25.4 Å². The largest absolute Gasteiger partial charge is 0.496 e. The van der Waals surface area contributed by atoms with Gasteiger partial charge in [-0.15, -0.1) is 0 Å². The quantitative estimate of drug-likeness (QED) is 0.657. The summed E-state index contributed by atoms with van der Waals surface area (Å²) in [5, 5.41) is 0. The van der Waals surface area contributed by atoms with Crippen molar-refractivity contribution < 1.29 is 9.13 Å². The van der Waals surface area contributed by atoms with E-state index in [0.29, 0.717) is 6.54 Å². The van der Waals surface area contributed by atoms with Gasteiger partial charge >= 0.3 is 0 Å². The predicted molar refractivity (Wildman–Crippen MR) is 107 cm³/mol. The lowest BCUT2D eigenvalue weighted by Gasteiger charge is -2.35. The topological polar surface area (TPSA) is 33.5 Å². The van der Waals surface area contributed by atoms with Crippen molar-refractivity contribution in [1.82, 2.24) is 19.4 Å². The fraction of sp³-hybridized carbons (Fsp3) is 0.318. The van der Waals surface area contributed by atoms with Crippen LogP contribution in [0.5, 0.6) is 5.75 Å². The number of aromatic nitrogens is 2. The van der Waals surface area contributed by atoms with Gasteiger partial charge in [0.15, 0.2) is 0 Å². The van der Waals surface area contributed by atoms with Crippen molar-refractivity contribution in [2.75, 3.05) is 33.3 Å². The van der Waals surface area contributed by atoms with E-state index in [0.717, 1.165) is 49.7 Å². The van der Waals surface area contributed by atoms with E-state index in [4.69, 9.17) is 4.74 Å². The zero-order valence-electron chi connectivity index (χ0n) is 16.1. The molecule has 0 radical (unpaired) electrons. The molecule has 0 spiro atoms. The zero-order valence-corrected chi connectivity index (χ0v) is 16.1. The van der Waals surface area contributed by atoms with Crippen molar-refractivity contribution in [3.8, 4) is 11.4 Å². The monoisotopic (exact) mass is 380 g/mol. The Morgan fingerprint density at radius 3 is 2.32 bits per heavy atom. The van der Waals surface area contributed by atoms with Gasteiger partial charge in [0.25, 0.3) is 0 Å². The number of halogens is 1. The van der Waals surface area contributed by atoms with Gasteiger partial charge in [0.05, 0.1) is 13.4 Å². The lowest BCUT2D eigenvalue weighted by atomic mass is 10.1.